The summed E-state index contributed by atoms with van der Waals surface area (Å²) in [6, 6.07) is 17.9. The third-order valence-electron chi connectivity index (χ3n) is 5.31. The summed E-state index contributed by atoms with van der Waals surface area (Å²) < 4.78 is 27.6. The van der Waals surface area contributed by atoms with Gasteiger partial charge in [0.15, 0.2) is 0 Å². The van der Waals surface area contributed by atoms with E-state index in [0.29, 0.717) is 23.7 Å². The van der Waals surface area contributed by atoms with Crippen molar-refractivity contribution in [2.45, 2.75) is 11.8 Å². The zero-order valence-electron chi connectivity index (χ0n) is 16.0. The molecule has 3 aromatic carbocycles. The predicted octanol–water partition coefficient (Wildman–Crippen LogP) is 3.95. The van der Waals surface area contributed by atoms with Crippen molar-refractivity contribution in [1.82, 2.24) is 9.21 Å². The zero-order chi connectivity index (χ0) is 20.6. The first-order chi connectivity index (χ1) is 13.9. The Morgan fingerprint density at radius 1 is 0.897 bits per heavy atom. The second-order valence-corrected chi connectivity index (χ2v) is 9.54. The average Bonchev–Trinajstić information content (AvgIpc) is 2.73. The summed E-state index contributed by atoms with van der Waals surface area (Å²) in [6.07, 6.45) is 0. The third-order valence-corrected chi connectivity index (χ3v) is 7.44. The summed E-state index contributed by atoms with van der Waals surface area (Å²) in [6.45, 7) is 3.20. The van der Waals surface area contributed by atoms with Gasteiger partial charge in [-0.2, -0.15) is 4.31 Å². The molecule has 29 heavy (non-hydrogen) atoms. The minimum atomic E-state index is -3.62. The van der Waals surface area contributed by atoms with E-state index in [1.165, 1.54) is 4.31 Å². The van der Waals surface area contributed by atoms with Crippen LogP contribution in [-0.4, -0.2) is 49.7 Å². The van der Waals surface area contributed by atoms with Crippen LogP contribution in [0.1, 0.15) is 15.9 Å². The maximum Gasteiger partial charge on any atom is 0.254 e. The Hall–Kier alpha value is -2.41. The molecule has 0 N–H and O–H groups in total. The highest BCUT2D eigenvalue weighted by atomic mass is 35.5. The Balaban J connectivity index is 1.51. The number of benzene rings is 3. The highest BCUT2D eigenvalue weighted by Crippen LogP contribution is 2.25. The van der Waals surface area contributed by atoms with Gasteiger partial charge in [-0.1, -0.05) is 41.9 Å². The van der Waals surface area contributed by atoms with Gasteiger partial charge in [-0.05, 0) is 53.6 Å². The predicted molar refractivity (Wildman–Crippen MR) is 115 cm³/mol. The van der Waals surface area contributed by atoms with Gasteiger partial charge in [0.25, 0.3) is 5.91 Å². The molecule has 0 spiro atoms. The summed E-state index contributed by atoms with van der Waals surface area (Å²) in [5.41, 5.74) is 1.58. The number of halogens is 1. The molecule has 1 fully saturated rings. The van der Waals surface area contributed by atoms with Gasteiger partial charge in [0.05, 0.1) is 4.90 Å². The van der Waals surface area contributed by atoms with Gasteiger partial charge in [0.2, 0.25) is 10.0 Å². The average molecular weight is 429 g/mol. The van der Waals surface area contributed by atoms with Gasteiger partial charge in [-0.3, -0.25) is 4.79 Å². The SMILES string of the molecule is Cc1ccccc1C(=O)N1CCN(S(=O)(=O)c2ccc3cc(Cl)ccc3c2)CC1. The van der Waals surface area contributed by atoms with E-state index in [4.69, 9.17) is 11.6 Å². The lowest BCUT2D eigenvalue weighted by Gasteiger charge is -2.34. The first kappa shape index (κ1) is 19.9. The molecule has 3 aromatic rings. The van der Waals surface area contributed by atoms with Crippen molar-refractivity contribution in [3.63, 3.8) is 0 Å². The zero-order valence-corrected chi connectivity index (χ0v) is 17.6. The van der Waals surface area contributed by atoms with Crippen LogP contribution in [0.5, 0.6) is 0 Å². The van der Waals surface area contributed by atoms with Crippen molar-refractivity contribution in [3.05, 3.63) is 76.8 Å². The number of hydrogen-bond donors (Lipinski definition) is 0. The van der Waals surface area contributed by atoms with Crippen LogP contribution in [0.25, 0.3) is 10.8 Å². The van der Waals surface area contributed by atoms with Gasteiger partial charge in [0.1, 0.15) is 0 Å². The normalized spacial score (nSPS) is 15.6. The maximum absolute atomic E-state index is 13.1. The first-order valence-corrected chi connectivity index (χ1v) is 11.2. The minimum Gasteiger partial charge on any atom is -0.336 e. The van der Waals surface area contributed by atoms with Gasteiger partial charge in [-0.25, -0.2) is 8.42 Å². The van der Waals surface area contributed by atoms with Crippen molar-refractivity contribution in [3.8, 4) is 0 Å². The Morgan fingerprint density at radius 3 is 2.28 bits per heavy atom. The molecular weight excluding hydrogens is 408 g/mol. The minimum absolute atomic E-state index is 0.0530. The molecule has 0 bridgehead atoms. The van der Waals surface area contributed by atoms with Crippen LogP contribution in [0.15, 0.2) is 65.6 Å². The lowest BCUT2D eigenvalue weighted by Crippen LogP contribution is -2.50. The fourth-order valence-corrected chi connectivity index (χ4v) is 5.26. The van der Waals surface area contributed by atoms with Crippen molar-refractivity contribution in [2.24, 2.45) is 0 Å². The molecule has 1 heterocycles. The Bertz CT molecular complexity index is 1190. The number of rotatable bonds is 3. The summed E-state index contributed by atoms with van der Waals surface area (Å²) in [4.78, 5) is 14.7. The van der Waals surface area contributed by atoms with Gasteiger partial charge >= 0.3 is 0 Å². The van der Waals surface area contributed by atoms with Crippen LogP contribution in [0.3, 0.4) is 0 Å². The van der Waals surface area contributed by atoms with Crippen LogP contribution in [-0.2, 0) is 10.0 Å². The van der Waals surface area contributed by atoms with E-state index in [2.05, 4.69) is 0 Å². The van der Waals surface area contributed by atoms with Crippen LogP contribution >= 0.6 is 11.6 Å². The Kier molecular flexibility index (Phi) is 5.34. The van der Waals surface area contributed by atoms with E-state index < -0.39 is 10.0 Å². The van der Waals surface area contributed by atoms with Gasteiger partial charge in [-0.15, -0.1) is 0 Å². The molecule has 0 aliphatic carbocycles. The number of sulfonamides is 1. The van der Waals surface area contributed by atoms with E-state index in [9.17, 15) is 13.2 Å². The number of amides is 1. The highest BCUT2D eigenvalue weighted by molar-refractivity contribution is 7.89. The fraction of sp³-hybridized carbons (Fsp3) is 0.227. The summed E-state index contributed by atoms with van der Waals surface area (Å²) in [5, 5.41) is 2.33. The smallest absolute Gasteiger partial charge is 0.254 e. The number of piperazine rings is 1. The van der Waals surface area contributed by atoms with Crippen molar-refractivity contribution < 1.29 is 13.2 Å². The Labute approximate surface area is 175 Å². The van der Waals surface area contributed by atoms with Crippen LogP contribution in [0, 0.1) is 6.92 Å². The fourth-order valence-electron chi connectivity index (χ4n) is 3.62. The number of nitrogens with zero attached hydrogens (tertiary/aromatic N) is 2. The topological polar surface area (TPSA) is 57.7 Å². The standard InChI is InChI=1S/C22H21ClN2O3S/c1-16-4-2-3-5-21(16)22(26)24-10-12-25(13-11-24)29(27,28)20-9-7-17-14-19(23)8-6-18(17)15-20/h2-9,14-15H,10-13H2,1H3. The van der Waals surface area contributed by atoms with Crippen molar-refractivity contribution >= 4 is 38.3 Å². The summed E-state index contributed by atoms with van der Waals surface area (Å²) >= 11 is 6.00. The number of carbonyl (C=O) groups excluding carboxylic acids is 1. The second kappa shape index (κ2) is 7.78. The molecule has 1 aliphatic rings. The van der Waals surface area contributed by atoms with E-state index in [-0.39, 0.29) is 23.9 Å². The van der Waals surface area contributed by atoms with E-state index in [1.54, 1.807) is 29.2 Å². The lowest BCUT2D eigenvalue weighted by molar-refractivity contribution is 0.0697. The molecule has 0 unspecified atom stereocenters. The molecule has 1 amide bonds. The molecule has 0 radical (unpaired) electrons. The molecule has 1 aliphatic heterocycles. The molecule has 7 heteroatoms. The quantitative estimate of drug-likeness (QED) is 0.634. The maximum atomic E-state index is 13.1. The van der Waals surface area contributed by atoms with Gasteiger partial charge < -0.3 is 4.90 Å². The molecule has 4 rings (SSSR count). The van der Waals surface area contributed by atoms with E-state index >= 15 is 0 Å². The van der Waals surface area contributed by atoms with Crippen molar-refractivity contribution in [2.75, 3.05) is 26.2 Å². The monoisotopic (exact) mass is 428 g/mol. The largest absolute Gasteiger partial charge is 0.336 e. The van der Waals surface area contributed by atoms with Crippen LogP contribution in [0.2, 0.25) is 5.02 Å². The molecule has 1 saturated heterocycles. The molecule has 0 atom stereocenters. The van der Waals surface area contributed by atoms with E-state index in [1.807, 2.05) is 43.3 Å². The molecule has 0 saturated carbocycles. The molecule has 5 nitrogen and oxygen atoms in total. The number of hydrogen-bond acceptors (Lipinski definition) is 3. The molecule has 0 aromatic heterocycles. The Morgan fingerprint density at radius 2 is 1.55 bits per heavy atom. The number of aryl methyl sites for hydroxylation is 1. The summed E-state index contributed by atoms with van der Waals surface area (Å²) in [7, 11) is -3.62. The van der Waals surface area contributed by atoms with Crippen molar-refractivity contribution in [1.29, 1.82) is 0 Å². The number of fused-ring (bicyclic) bond motifs is 1. The molecular formula is C22H21ClN2O3S. The number of carbonyl (C=O) groups is 1. The van der Waals surface area contributed by atoms with Crippen LogP contribution < -0.4 is 0 Å². The third kappa shape index (κ3) is 3.88. The van der Waals surface area contributed by atoms with Gasteiger partial charge in [0, 0.05) is 36.8 Å². The second-order valence-electron chi connectivity index (χ2n) is 7.16. The first-order valence-electron chi connectivity index (χ1n) is 9.41. The highest BCUT2D eigenvalue weighted by Gasteiger charge is 2.30. The molecule has 150 valence electrons. The summed E-state index contributed by atoms with van der Waals surface area (Å²) in [5.74, 6) is -0.0530. The lowest BCUT2D eigenvalue weighted by atomic mass is 10.1. The van der Waals surface area contributed by atoms with Crippen LogP contribution in [0.4, 0.5) is 0 Å². The van der Waals surface area contributed by atoms with E-state index in [0.717, 1.165) is 16.3 Å².